The van der Waals surface area contributed by atoms with E-state index in [4.69, 9.17) is 15.6 Å². The lowest BCUT2D eigenvalue weighted by molar-refractivity contribution is -0.129. The Morgan fingerprint density at radius 1 is 0.971 bits per heavy atom. The normalized spacial score (nSPS) is 12.1. The molecular formula is C49H59N13O6. The maximum absolute atomic E-state index is 13.2. The number of anilines is 2. The SMILES string of the molecule is CCCC(C(=O)NC=O)N1Cc2c(NC(=O)CCCc3cn(CCCCCCCOc4cccc(CNC(=O)c5cccc(NCC(=N)N(C)C(=N)c6ccncn6)c5)c4)nn3)cccc2C1=O. The van der Waals surface area contributed by atoms with Crippen molar-refractivity contribution in [1.29, 1.82) is 10.8 Å². The fourth-order valence-electron chi connectivity index (χ4n) is 7.72. The maximum Gasteiger partial charge on any atom is 0.255 e. The third-order valence-electron chi connectivity index (χ3n) is 11.4. The minimum Gasteiger partial charge on any atom is -0.494 e. The minimum atomic E-state index is -0.783. The number of carbonyl (C=O) groups excluding carboxylic acids is 5. The van der Waals surface area contributed by atoms with Crippen LogP contribution in [0.15, 0.2) is 91.5 Å². The van der Waals surface area contributed by atoms with Crippen LogP contribution in [0.1, 0.15) is 108 Å². The molecular weight excluding hydrogens is 867 g/mol. The van der Waals surface area contributed by atoms with Crippen LogP contribution in [0.2, 0.25) is 0 Å². The molecule has 6 N–H and O–H groups in total. The minimum absolute atomic E-state index is 0.0812. The zero-order valence-corrected chi connectivity index (χ0v) is 38.5. The molecule has 0 saturated carbocycles. The first-order valence-electron chi connectivity index (χ1n) is 22.9. The molecule has 3 aromatic carbocycles. The number of nitrogens with zero attached hydrogens (tertiary/aromatic N) is 7. The molecule has 19 nitrogen and oxygen atoms in total. The van der Waals surface area contributed by atoms with Crippen LogP contribution in [0.4, 0.5) is 11.4 Å². The predicted octanol–water partition coefficient (Wildman–Crippen LogP) is 5.73. The van der Waals surface area contributed by atoms with Crippen molar-refractivity contribution in [3.63, 3.8) is 0 Å². The second kappa shape index (κ2) is 25.2. The highest BCUT2D eigenvalue weighted by Gasteiger charge is 2.37. The number of amidine groups is 2. The number of carbonyl (C=O) groups is 5. The second-order valence-electron chi connectivity index (χ2n) is 16.4. The molecule has 1 aliphatic heterocycles. The Balaban J connectivity index is 0.820. The molecule has 1 aliphatic rings. The Bertz CT molecular complexity index is 2550. The lowest BCUT2D eigenvalue weighted by Gasteiger charge is -2.25. The van der Waals surface area contributed by atoms with E-state index < -0.39 is 11.9 Å². The summed E-state index contributed by atoms with van der Waals surface area (Å²) >= 11 is 0. The standard InChI is InChI=1S/C49H59N13O6/c1-3-13-43(48(66)56-33-63)62-31-40-39(49(62)67)19-12-20-41(40)57-45(64)21-11-17-37-30-61(59-58-37)24-7-5-4-6-8-25-68-38-18-9-14-34(26-38)28-54-47(65)35-15-10-16-36(27-35)53-29-44(50)60(2)46(51)42-22-23-52-32-55-42/h9-10,12,14-16,18-20,22-23,26-27,30,32-33,43,50-51,53H,3-8,11,13,17,21,24-25,28-29,31H2,1-2H3,(H,54,65)(H,57,64)(H,56,63,66). The third-order valence-corrected chi connectivity index (χ3v) is 11.4. The van der Waals surface area contributed by atoms with Gasteiger partial charge in [-0.05, 0) is 86.2 Å². The average Bonchev–Trinajstić information content (AvgIpc) is 3.96. The summed E-state index contributed by atoms with van der Waals surface area (Å²) in [6.07, 6.45) is 12.6. The molecule has 0 fully saturated rings. The van der Waals surface area contributed by atoms with E-state index in [2.05, 4.69) is 41.5 Å². The van der Waals surface area contributed by atoms with Crippen molar-refractivity contribution in [1.82, 2.24) is 45.4 Å². The van der Waals surface area contributed by atoms with Gasteiger partial charge in [-0.3, -0.25) is 44.8 Å². The summed E-state index contributed by atoms with van der Waals surface area (Å²) in [7, 11) is 1.63. The van der Waals surface area contributed by atoms with Crippen LogP contribution in [-0.4, -0.2) is 103 Å². The van der Waals surface area contributed by atoms with E-state index in [1.54, 1.807) is 55.7 Å². The van der Waals surface area contributed by atoms with Crippen LogP contribution >= 0.6 is 0 Å². The quantitative estimate of drug-likeness (QED) is 0.0168. The molecule has 5 aromatic rings. The van der Waals surface area contributed by atoms with Crippen molar-refractivity contribution in [3.8, 4) is 5.75 Å². The fraction of sp³-hybridized carbons (Fsp3) is 0.367. The highest BCUT2D eigenvalue weighted by molar-refractivity contribution is 6.07. The molecule has 68 heavy (non-hydrogen) atoms. The summed E-state index contributed by atoms with van der Waals surface area (Å²) < 4.78 is 7.86. The topological polar surface area (TPSA) is 253 Å². The number of unbranched alkanes of at least 4 members (excludes halogenated alkanes) is 4. The highest BCUT2D eigenvalue weighted by Crippen LogP contribution is 2.32. The summed E-state index contributed by atoms with van der Waals surface area (Å²) in [6.45, 7) is 3.88. The van der Waals surface area contributed by atoms with Gasteiger partial charge in [0, 0.05) is 73.6 Å². The van der Waals surface area contributed by atoms with E-state index in [1.807, 2.05) is 48.1 Å². The Labute approximate surface area is 395 Å². The molecule has 0 spiro atoms. The predicted molar refractivity (Wildman–Crippen MR) is 256 cm³/mol. The number of fused-ring (bicyclic) bond motifs is 1. The van der Waals surface area contributed by atoms with Gasteiger partial charge in [-0.15, -0.1) is 5.10 Å². The average molecular weight is 926 g/mol. The van der Waals surface area contributed by atoms with E-state index in [0.29, 0.717) is 79.0 Å². The van der Waals surface area contributed by atoms with Gasteiger partial charge in [0.1, 0.15) is 29.6 Å². The largest absolute Gasteiger partial charge is 0.494 e. The summed E-state index contributed by atoms with van der Waals surface area (Å²) in [6, 6.07) is 20.7. The summed E-state index contributed by atoms with van der Waals surface area (Å²) in [5, 5.41) is 36.5. The number of likely N-dealkylation sites (N-methyl/N-ethyl adjacent to an activating group) is 1. The zero-order chi connectivity index (χ0) is 48.3. The summed E-state index contributed by atoms with van der Waals surface area (Å²) in [4.78, 5) is 73.5. The lowest BCUT2D eigenvalue weighted by atomic mass is 10.1. The molecule has 1 unspecified atom stereocenters. The first-order chi connectivity index (χ1) is 33.0. The molecule has 356 valence electrons. The molecule has 19 heteroatoms. The summed E-state index contributed by atoms with van der Waals surface area (Å²) in [5.41, 5.74) is 4.92. The van der Waals surface area contributed by atoms with Crippen LogP contribution in [0.25, 0.3) is 0 Å². The van der Waals surface area contributed by atoms with Crippen molar-refractivity contribution in [3.05, 3.63) is 125 Å². The van der Waals surface area contributed by atoms with Crippen molar-refractivity contribution in [2.24, 2.45) is 0 Å². The van der Waals surface area contributed by atoms with Gasteiger partial charge in [0.25, 0.3) is 11.8 Å². The van der Waals surface area contributed by atoms with Crippen LogP contribution < -0.4 is 26.0 Å². The first-order valence-corrected chi connectivity index (χ1v) is 22.9. The number of aromatic nitrogens is 5. The Morgan fingerprint density at radius 3 is 2.59 bits per heavy atom. The zero-order valence-electron chi connectivity index (χ0n) is 38.5. The molecule has 5 amide bonds. The number of imide groups is 1. The Morgan fingerprint density at radius 2 is 1.78 bits per heavy atom. The lowest BCUT2D eigenvalue weighted by Crippen LogP contribution is -2.46. The van der Waals surface area contributed by atoms with Gasteiger partial charge in [-0.2, -0.15) is 0 Å². The number of rotatable bonds is 26. The van der Waals surface area contributed by atoms with E-state index in [1.165, 1.54) is 16.1 Å². The molecule has 0 saturated heterocycles. The second-order valence-corrected chi connectivity index (χ2v) is 16.4. The Hall–Kier alpha value is -7.83. The number of hydrogen-bond acceptors (Lipinski definition) is 13. The van der Waals surface area contributed by atoms with E-state index in [0.717, 1.165) is 55.7 Å². The fourth-order valence-corrected chi connectivity index (χ4v) is 7.72. The molecule has 0 aliphatic carbocycles. The van der Waals surface area contributed by atoms with Gasteiger partial charge < -0.3 is 30.5 Å². The van der Waals surface area contributed by atoms with E-state index in [9.17, 15) is 24.0 Å². The number of aryl methyl sites for hydroxylation is 2. The number of hydrogen-bond donors (Lipinski definition) is 6. The van der Waals surface area contributed by atoms with Crippen LogP contribution in [0.3, 0.4) is 0 Å². The molecule has 0 bridgehead atoms. The van der Waals surface area contributed by atoms with Gasteiger partial charge in [0.15, 0.2) is 5.84 Å². The van der Waals surface area contributed by atoms with Crippen molar-refractivity contribution in [2.45, 2.75) is 96.8 Å². The van der Waals surface area contributed by atoms with E-state index in [-0.39, 0.29) is 48.9 Å². The van der Waals surface area contributed by atoms with Gasteiger partial charge in [0.05, 0.1) is 18.8 Å². The van der Waals surface area contributed by atoms with Crippen molar-refractivity contribution < 1.29 is 28.7 Å². The van der Waals surface area contributed by atoms with Crippen LogP contribution in [0, 0.1) is 10.8 Å². The van der Waals surface area contributed by atoms with E-state index >= 15 is 0 Å². The molecule has 2 aromatic heterocycles. The summed E-state index contributed by atoms with van der Waals surface area (Å²) in [5.74, 6) is -0.257. The maximum atomic E-state index is 13.2. The smallest absolute Gasteiger partial charge is 0.255 e. The van der Waals surface area contributed by atoms with Crippen LogP contribution in [-0.2, 0) is 40.4 Å². The third kappa shape index (κ3) is 14.1. The molecule has 3 heterocycles. The van der Waals surface area contributed by atoms with Gasteiger partial charge >= 0.3 is 0 Å². The molecule has 1 atom stereocenters. The Kier molecular flexibility index (Phi) is 18.4. The number of benzene rings is 3. The van der Waals surface area contributed by atoms with Gasteiger partial charge in [0.2, 0.25) is 18.2 Å². The number of nitrogens with one attached hydrogen (secondary N) is 6. The monoisotopic (exact) mass is 925 g/mol. The van der Waals surface area contributed by atoms with Crippen molar-refractivity contribution in [2.75, 3.05) is 30.8 Å². The molecule has 0 radical (unpaired) electrons. The number of ether oxygens (including phenoxy) is 1. The number of amides is 5. The van der Waals surface area contributed by atoms with Crippen molar-refractivity contribution >= 4 is 53.1 Å². The van der Waals surface area contributed by atoms with Crippen LogP contribution in [0.5, 0.6) is 5.75 Å². The first kappa shape index (κ1) is 49.6. The highest BCUT2D eigenvalue weighted by atomic mass is 16.5. The molecule has 6 rings (SSSR count). The van der Waals surface area contributed by atoms with Gasteiger partial charge in [-0.1, -0.05) is 62.1 Å². The van der Waals surface area contributed by atoms with Gasteiger partial charge in [-0.25, -0.2) is 9.97 Å².